The number of ketones is 1. The van der Waals surface area contributed by atoms with E-state index in [1.54, 1.807) is 0 Å². The highest BCUT2D eigenvalue weighted by Crippen LogP contribution is 2.19. The van der Waals surface area contributed by atoms with Crippen LogP contribution < -0.4 is 0 Å². The summed E-state index contributed by atoms with van der Waals surface area (Å²) in [5.41, 5.74) is 0.842. The van der Waals surface area contributed by atoms with Gasteiger partial charge in [-0.25, -0.2) is 0 Å². The zero-order chi connectivity index (χ0) is 13.0. The van der Waals surface area contributed by atoms with E-state index in [0.717, 1.165) is 24.6 Å². The number of nitrogens with zero attached hydrogens (tertiary/aromatic N) is 1. The minimum atomic E-state index is 0.253. The Hall–Kier alpha value is -0.420. The van der Waals surface area contributed by atoms with Crippen LogP contribution in [0, 0.1) is 9.49 Å². The van der Waals surface area contributed by atoms with Crippen molar-refractivity contribution in [2.24, 2.45) is 5.92 Å². The lowest BCUT2D eigenvalue weighted by Gasteiger charge is -2.31. The van der Waals surface area contributed by atoms with Crippen LogP contribution in [0.5, 0.6) is 0 Å². The van der Waals surface area contributed by atoms with Gasteiger partial charge in [0.25, 0.3) is 0 Å². The van der Waals surface area contributed by atoms with Crippen LogP contribution in [-0.4, -0.2) is 30.3 Å². The van der Waals surface area contributed by atoms with Crippen LogP contribution in [0.25, 0.3) is 0 Å². The number of rotatable bonds is 4. The molecule has 0 saturated carbocycles. The summed E-state index contributed by atoms with van der Waals surface area (Å²) in [6, 6.07) is 7.87. The quantitative estimate of drug-likeness (QED) is 0.606. The number of halogens is 1. The Morgan fingerprint density at radius 3 is 2.78 bits per heavy atom. The molecule has 0 amide bonds. The second-order valence-electron chi connectivity index (χ2n) is 5.08. The lowest BCUT2D eigenvalue weighted by Crippen LogP contribution is -2.38. The van der Waals surface area contributed by atoms with Crippen molar-refractivity contribution in [3.05, 3.63) is 33.4 Å². The molecule has 0 radical (unpaired) electrons. The fourth-order valence-corrected chi connectivity index (χ4v) is 2.92. The SMILES string of the molecule is CCC1CCCN(CC(=O)c2ccc(I)cc2)C1. The first-order valence-corrected chi connectivity index (χ1v) is 7.78. The molecule has 1 aromatic carbocycles. The lowest BCUT2D eigenvalue weighted by atomic mass is 9.95. The molecule has 3 heteroatoms. The summed E-state index contributed by atoms with van der Waals surface area (Å²) < 4.78 is 1.17. The van der Waals surface area contributed by atoms with Crippen molar-refractivity contribution >= 4 is 28.4 Å². The Labute approximate surface area is 123 Å². The van der Waals surface area contributed by atoms with Crippen LogP contribution >= 0.6 is 22.6 Å². The molecule has 2 rings (SSSR count). The molecule has 1 unspecified atom stereocenters. The summed E-state index contributed by atoms with van der Waals surface area (Å²) >= 11 is 2.26. The normalized spacial score (nSPS) is 20.9. The maximum atomic E-state index is 12.2. The smallest absolute Gasteiger partial charge is 0.176 e. The number of hydrogen-bond donors (Lipinski definition) is 0. The van der Waals surface area contributed by atoms with Crippen LogP contribution in [0.2, 0.25) is 0 Å². The highest BCUT2D eigenvalue weighted by molar-refractivity contribution is 14.1. The van der Waals surface area contributed by atoms with Crippen molar-refractivity contribution in [2.75, 3.05) is 19.6 Å². The first kappa shape index (κ1) is 14.0. The number of likely N-dealkylation sites (tertiary alicyclic amines) is 1. The van der Waals surface area contributed by atoms with Crippen molar-refractivity contribution < 1.29 is 4.79 Å². The van der Waals surface area contributed by atoms with Crippen LogP contribution in [0.3, 0.4) is 0 Å². The van der Waals surface area contributed by atoms with Gasteiger partial charge in [-0.1, -0.05) is 25.5 Å². The zero-order valence-corrected chi connectivity index (χ0v) is 13.0. The Bertz CT molecular complexity index is 401. The van der Waals surface area contributed by atoms with Gasteiger partial charge in [-0.3, -0.25) is 9.69 Å². The second-order valence-corrected chi connectivity index (χ2v) is 6.33. The number of benzene rings is 1. The van der Waals surface area contributed by atoms with Crippen LogP contribution in [0.1, 0.15) is 36.5 Å². The molecule has 18 heavy (non-hydrogen) atoms. The van der Waals surface area contributed by atoms with E-state index in [1.807, 2.05) is 24.3 Å². The van der Waals surface area contributed by atoms with Gasteiger partial charge in [-0.2, -0.15) is 0 Å². The summed E-state index contributed by atoms with van der Waals surface area (Å²) in [4.78, 5) is 14.5. The Morgan fingerprint density at radius 1 is 1.39 bits per heavy atom. The first-order valence-electron chi connectivity index (χ1n) is 6.70. The van der Waals surface area contributed by atoms with E-state index in [0.29, 0.717) is 6.54 Å². The third-order valence-corrected chi connectivity index (χ3v) is 4.43. The predicted octanol–water partition coefficient (Wildman–Crippen LogP) is 3.60. The summed E-state index contributed by atoms with van der Waals surface area (Å²) in [6.45, 7) is 4.99. The van der Waals surface area contributed by atoms with Gasteiger partial charge in [-0.05, 0) is 60.0 Å². The number of carbonyl (C=O) groups is 1. The first-order chi connectivity index (χ1) is 8.69. The molecule has 1 saturated heterocycles. The molecule has 1 atom stereocenters. The Morgan fingerprint density at radius 2 is 2.11 bits per heavy atom. The minimum absolute atomic E-state index is 0.253. The summed E-state index contributed by atoms with van der Waals surface area (Å²) in [5, 5.41) is 0. The highest BCUT2D eigenvalue weighted by atomic mass is 127. The molecule has 1 aliphatic rings. The lowest BCUT2D eigenvalue weighted by molar-refractivity contribution is 0.0884. The van der Waals surface area contributed by atoms with Crippen LogP contribution in [-0.2, 0) is 0 Å². The van der Waals surface area contributed by atoms with E-state index >= 15 is 0 Å². The Kier molecular flexibility index (Phi) is 5.18. The van der Waals surface area contributed by atoms with E-state index in [9.17, 15) is 4.79 Å². The molecule has 1 aliphatic heterocycles. The van der Waals surface area contributed by atoms with Gasteiger partial charge in [0.2, 0.25) is 0 Å². The summed E-state index contributed by atoms with van der Waals surface area (Å²) in [6.07, 6.45) is 3.79. The third-order valence-electron chi connectivity index (χ3n) is 3.71. The van der Waals surface area contributed by atoms with Crippen molar-refractivity contribution in [2.45, 2.75) is 26.2 Å². The molecule has 0 N–H and O–H groups in total. The minimum Gasteiger partial charge on any atom is -0.296 e. The molecular formula is C15H20INO. The standard InChI is InChI=1S/C15H20INO/c1-2-12-4-3-9-17(10-12)11-15(18)13-5-7-14(16)8-6-13/h5-8,12H,2-4,9-11H2,1H3. The molecule has 0 spiro atoms. The number of Topliss-reactive ketones (excluding diaryl/α,β-unsaturated/α-hetero) is 1. The Balaban J connectivity index is 1.92. The number of hydrogen-bond acceptors (Lipinski definition) is 2. The van der Waals surface area contributed by atoms with Gasteiger partial charge in [-0.15, -0.1) is 0 Å². The highest BCUT2D eigenvalue weighted by Gasteiger charge is 2.20. The molecular weight excluding hydrogens is 337 g/mol. The summed E-state index contributed by atoms with van der Waals surface area (Å²) in [7, 11) is 0. The monoisotopic (exact) mass is 357 g/mol. The van der Waals surface area contributed by atoms with E-state index in [-0.39, 0.29) is 5.78 Å². The fraction of sp³-hybridized carbons (Fsp3) is 0.533. The van der Waals surface area contributed by atoms with Gasteiger partial charge in [0.05, 0.1) is 6.54 Å². The third kappa shape index (κ3) is 3.79. The van der Waals surface area contributed by atoms with Crippen molar-refractivity contribution in [3.8, 4) is 0 Å². The van der Waals surface area contributed by atoms with Crippen LogP contribution in [0.4, 0.5) is 0 Å². The zero-order valence-electron chi connectivity index (χ0n) is 10.9. The van der Waals surface area contributed by atoms with Crippen molar-refractivity contribution in [1.29, 1.82) is 0 Å². The van der Waals surface area contributed by atoms with E-state index in [2.05, 4.69) is 34.4 Å². The van der Waals surface area contributed by atoms with Gasteiger partial charge in [0.15, 0.2) is 5.78 Å². The molecule has 98 valence electrons. The number of carbonyl (C=O) groups excluding carboxylic acids is 1. The van der Waals surface area contributed by atoms with Crippen LogP contribution in [0.15, 0.2) is 24.3 Å². The topological polar surface area (TPSA) is 20.3 Å². The predicted molar refractivity (Wildman–Crippen MR) is 82.9 cm³/mol. The second kappa shape index (κ2) is 6.66. The van der Waals surface area contributed by atoms with E-state index in [1.165, 1.54) is 22.8 Å². The van der Waals surface area contributed by atoms with Crippen molar-refractivity contribution in [1.82, 2.24) is 4.90 Å². The number of piperidine rings is 1. The molecule has 2 nitrogen and oxygen atoms in total. The summed E-state index contributed by atoms with van der Waals surface area (Å²) in [5.74, 6) is 1.03. The molecule has 1 fully saturated rings. The van der Waals surface area contributed by atoms with Gasteiger partial charge >= 0.3 is 0 Å². The fourth-order valence-electron chi connectivity index (χ4n) is 2.56. The van der Waals surface area contributed by atoms with E-state index < -0.39 is 0 Å². The largest absolute Gasteiger partial charge is 0.296 e. The average molecular weight is 357 g/mol. The van der Waals surface area contributed by atoms with Gasteiger partial charge < -0.3 is 0 Å². The molecule has 0 aromatic heterocycles. The molecule has 0 bridgehead atoms. The molecule has 1 heterocycles. The van der Waals surface area contributed by atoms with Gasteiger partial charge in [0, 0.05) is 15.7 Å². The maximum absolute atomic E-state index is 12.2. The molecule has 1 aromatic rings. The average Bonchev–Trinajstić information content (AvgIpc) is 2.39. The van der Waals surface area contributed by atoms with Gasteiger partial charge in [0.1, 0.15) is 0 Å². The maximum Gasteiger partial charge on any atom is 0.176 e. The van der Waals surface area contributed by atoms with Crippen molar-refractivity contribution in [3.63, 3.8) is 0 Å². The molecule has 0 aliphatic carbocycles. The van der Waals surface area contributed by atoms with E-state index in [4.69, 9.17) is 0 Å².